The zero-order valence-electron chi connectivity index (χ0n) is 13.5. The average Bonchev–Trinajstić information content (AvgIpc) is 2.95. The molecule has 24 heavy (non-hydrogen) atoms. The Labute approximate surface area is 149 Å². The van der Waals surface area contributed by atoms with E-state index in [0.29, 0.717) is 30.0 Å². The molecule has 128 valence electrons. The quantitative estimate of drug-likeness (QED) is 0.787. The molecule has 0 saturated carbocycles. The van der Waals surface area contributed by atoms with Gasteiger partial charge in [0.15, 0.2) is 0 Å². The number of carbonyl (C=O) groups is 2. The van der Waals surface area contributed by atoms with Crippen molar-refractivity contribution in [2.45, 2.75) is 39.2 Å². The highest BCUT2D eigenvalue weighted by molar-refractivity contribution is 7.13. The number of hydrogen-bond donors (Lipinski definition) is 2. The Kier molecular flexibility index (Phi) is 6.69. The minimum absolute atomic E-state index is 0.0217. The molecule has 6 nitrogen and oxygen atoms in total. The fraction of sp³-hybridized carbons (Fsp3) is 0.375. The summed E-state index contributed by atoms with van der Waals surface area (Å²) in [4.78, 5) is 23.7. The van der Waals surface area contributed by atoms with Gasteiger partial charge >= 0.3 is 0 Å². The van der Waals surface area contributed by atoms with Crippen LogP contribution in [0.5, 0.6) is 0 Å². The van der Waals surface area contributed by atoms with Gasteiger partial charge in [-0.2, -0.15) is 0 Å². The van der Waals surface area contributed by atoms with Crippen molar-refractivity contribution in [3.05, 3.63) is 39.3 Å². The summed E-state index contributed by atoms with van der Waals surface area (Å²) in [7, 11) is 0. The fourth-order valence-corrected chi connectivity index (χ4v) is 2.96. The first-order valence-electron chi connectivity index (χ1n) is 7.62. The van der Waals surface area contributed by atoms with Crippen LogP contribution in [0.1, 0.15) is 41.5 Å². The summed E-state index contributed by atoms with van der Waals surface area (Å²) >= 11 is 7.11. The molecule has 0 radical (unpaired) electrons. The summed E-state index contributed by atoms with van der Waals surface area (Å²) < 4.78 is 0. The fourth-order valence-electron chi connectivity index (χ4n) is 1.99. The standard InChI is InChI=1S/C16H19ClN4O2S/c1-10(2)18-13(22)7-4-8-14-20-21-16(24-14)15(23)19-12-6-3-5-11(17)9-12/h3,5-6,9-10H,4,7-8H2,1-2H3,(H,18,22)(H,19,23). The Balaban J connectivity index is 1.84. The molecule has 2 rings (SSSR count). The van der Waals surface area contributed by atoms with Crippen molar-refractivity contribution in [2.75, 3.05) is 5.32 Å². The number of rotatable bonds is 7. The van der Waals surface area contributed by atoms with E-state index in [1.807, 2.05) is 13.8 Å². The number of amides is 2. The van der Waals surface area contributed by atoms with E-state index < -0.39 is 0 Å². The minimum Gasteiger partial charge on any atom is -0.354 e. The van der Waals surface area contributed by atoms with Crippen LogP contribution >= 0.6 is 22.9 Å². The maximum Gasteiger partial charge on any atom is 0.286 e. The summed E-state index contributed by atoms with van der Waals surface area (Å²) in [6.07, 6.45) is 1.72. The third-order valence-corrected chi connectivity index (χ3v) is 4.20. The summed E-state index contributed by atoms with van der Waals surface area (Å²) in [5.41, 5.74) is 0.606. The van der Waals surface area contributed by atoms with E-state index in [-0.39, 0.29) is 22.9 Å². The van der Waals surface area contributed by atoms with Gasteiger partial charge in [0.05, 0.1) is 0 Å². The van der Waals surface area contributed by atoms with E-state index >= 15 is 0 Å². The predicted molar refractivity (Wildman–Crippen MR) is 95.5 cm³/mol. The number of nitrogens with zero attached hydrogens (tertiary/aromatic N) is 2. The lowest BCUT2D eigenvalue weighted by atomic mass is 10.2. The summed E-state index contributed by atoms with van der Waals surface area (Å²) in [6, 6.07) is 7.04. The summed E-state index contributed by atoms with van der Waals surface area (Å²) in [5, 5.41) is 15.0. The second-order valence-electron chi connectivity index (χ2n) is 5.54. The maximum atomic E-state index is 12.1. The molecule has 2 amide bonds. The van der Waals surface area contributed by atoms with Gasteiger partial charge in [0, 0.05) is 29.6 Å². The number of benzene rings is 1. The van der Waals surface area contributed by atoms with Gasteiger partial charge in [-0.3, -0.25) is 9.59 Å². The summed E-state index contributed by atoms with van der Waals surface area (Å²) in [5.74, 6) is -0.299. The van der Waals surface area contributed by atoms with Crippen molar-refractivity contribution in [3.63, 3.8) is 0 Å². The van der Waals surface area contributed by atoms with E-state index in [0.717, 1.165) is 5.01 Å². The molecule has 1 heterocycles. The number of nitrogens with one attached hydrogen (secondary N) is 2. The Morgan fingerprint density at radius 2 is 2.08 bits per heavy atom. The molecule has 2 N–H and O–H groups in total. The topological polar surface area (TPSA) is 84.0 Å². The average molecular weight is 367 g/mol. The first-order valence-corrected chi connectivity index (χ1v) is 8.82. The van der Waals surface area contributed by atoms with Gasteiger partial charge in [-0.1, -0.05) is 29.0 Å². The molecule has 0 aliphatic rings. The molecule has 0 atom stereocenters. The first-order chi connectivity index (χ1) is 11.4. The zero-order chi connectivity index (χ0) is 17.5. The second-order valence-corrected chi connectivity index (χ2v) is 7.04. The molecule has 0 saturated heterocycles. The number of anilines is 1. The highest BCUT2D eigenvalue weighted by Crippen LogP contribution is 2.18. The van der Waals surface area contributed by atoms with Crippen LogP contribution in [-0.4, -0.2) is 28.1 Å². The molecule has 0 bridgehead atoms. The molecule has 1 aromatic carbocycles. The molecule has 8 heteroatoms. The number of carbonyl (C=O) groups excluding carboxylic acids is 2. The second kappa shape index (κ2) is 8.75. The van der Waals surface area contributed by atoms with Crippen LogP contribution in [0.15, 0.2) is 24.3 Å². The smallest absolute Gasteiger partial charge is 0.286 e. The van der Waals surface area contributed by atoms with Crippen molar-refractivity contribution < 1.29 is 9.59 Å². The van der Waals surface area contributed by atoms with Crippen molar-refractivity contribution in [2.24, 2.45) is 0 Å². The van der Waals surface area contributed by atoms with Gasteiger partial charge in [-0.25, -0.2) is 0 Å². The van der Waals surface area contributed by atoms with E-state index in [1.165, 1.54) is 11.3 Å². The SMILES string of the molecule is CC(C)NC(=O)CCCc1nnc(C(=O)Nc2cccc(Cl)c2)s1. The van der Waals surface area contributed by atoms with E-state index in [9.17, 15) is 9.59 Å². The third-order valence-electron chi connectivity index (χ3n) is 2.99. The van der Waals surface area contributed by atoms with Crippen LogP contribution in [0.4, 0.5) is 5.69 Å². The molecule has 0 aliphatic carbocycles. The van der Waals surface area contributed by atoms with Gasteiger partial charge in [-0.15, -0.1) is 10.2 Å². The highest BCUT2D eigenvalue weighted by atomic mass is 35.5. The van der Waals surface area contributed by atoms with Crippen LogP contribution < -0.4 is 10.6 Å². The first kappa shape index (κ1) is 18.4. The van der Waals surface area contributed by atoms with Crippen molar-refractivity contribution in [3.8, 4) is 0 Å². The molecule has 0 spiro atoms. The molecular formula is C16H19ClN4O2S. The van der Waals surface area contributed by atoms with Gasteiger partial charge < -0.3 is 10.6 Å². The number of aryl methyl sites for hydroxylation is 1. The Morgan fingerprint density at radius 3 is 2.79 bits per heavy atom. The van der Waals surface area contributed by atoms with E-state index in [2.05, 4.69) is 20.8 Å². The van der Waals surface area contributed by atoms with Crippen LogP contribution in [0.25, 0.3) is 0 Å². The van der Waals surface area contributed by atoms with E-state index in [4.69, 9.17) is 11.6 Å². The number of aromatic nitrogens is 2. The number of halogens is 1. The lowest BCUT2D eigenvalue weighted by Gasteiger charge is -2.07. The molecule has 2 aromatic rings. The Bertz CT molecular complexity index is 718. The largest absolute Gasteiger partial charge is 0.354 e. The Hall–Kier alpha value is -1.99. The minimum atomic E-state index is -0.321. The van der Waals surface area contributed by atoms with Gasteiger partial charge in [0.1, 0.15) is 5.01 Å². The molecule has 0 unspecified atom stereocenters. The Morgan fingerprint density at radius 1 is 1.29 bits per heavy atom. The van der Waals surface area contributed by atoms with Crippen LogP contribution in [0.2, 0.25) is 5.02 Å². The van der Waals surface area contributed by atoms with Crippen LogP contribution in [0.3, 0.4) is 0 Å². The maximum absolute atomic E-state index is 12.1. The molecular weight excluding hydrogens is 348 g/mol. The van der Waals surface area contributed by atoms with E-state index in [1.54, 1.807) is 24.3 Å². The van der Waals surface area contributed by atoms with Crippen molar-refractivity contribution in [1.82, 2.24) is 15.5 Å². The zero-order valence-corrected chi connectivity index (χ0v) is 15.1. The predicted octanol–water partition coefficient (Wildman–Crippen LogP) is 3.29. The normalized spacial score (nSPS) is 10.7. The molecule has 1 aromatic heterocycles. The van der Waals surface area contributed by atoms with Crippen LogP contribution in [0, 0.1) is 0 Å². The van der Waals surface area contributed by atoms with Gasteiger partial charge in [-0.05, 0) is 38.5 Å². The third kappa shape index (κ3) is 5.90. The van der Waals surface area contributed by atoms with Crippen molar-refractivity contribution in [1.29, 1.82) is 0 Å². The van der Waals surface area contributed by atoms with Crippen molar-refractivity contribution >= 4 is 40.4 Å². The van der Waals surface area contributed by atoms with Crippen LogP contribution in [-0.2, 0) is 11.2 Å². The lowest BCUT2D eigenvalue weighted by Crippen LogP contribution is -2.29. The van der Waals surface area contributed by atoms with Gasteiger partial charge in [0.25, 0.3) is 5.91 Å². The summed E-state index contributed by atoms with van der Waals surface area (Å²) in [6.45, 7) is 3.85. The molecule has 0 aliphatic heterocycles. The number of hydrogen-bond acceptors (Lipinski definition) is 5. The lowest BCUT2D eigenvalue weighted by molar-refractivity contribution is -0.121. The van der Waals surface area contributed by atoms with Gasteiger partial charge in [0.2, 0.25) is 10.9 Å². The monoisotopic (exact) mass is 366 g/mol. The highest BCUT2D eigenvalue weighted by Gasteiger charge is 2.13. The molecule has 0 fully saturated rings.